The number of anilines is 1. The number of aromatic nitrogens is 1. The van der Waals surface area contributed by atoms with Crippen molar-refractivity contribution in [2.45, 2.75) is 32.6 Å². The molecule has 1 aliphatic carbocycles. The second-order valence-electron chi connectivity index (χ2n) is 10.6. The van der Waals surface area contributed by atoms with Gasteiger partial charge >= 0.3 is 5.97 Å². The van der Waals surface area contributed by atoms with Gasteiger partial charge in [0.2, 0.25) is 11.8 Å². The highest BCUT2D eigenvalue weighted by atomic mass is 79.9. The van der Waals surface area contributed by atoms with Crippen LogP contribution in [0.3, 0.4) is 0 Å². The van der Waals surface area contributed by atoms with Gasteiger partial charge in [-0.2, -0.15) is 0 Å². The summed E-state index contributed by atoms with van der Waals surface area (Å²) in [4.78, 5) is 58.0. The average Bonchev–Trinajstić information content (AvgIpc) is 3.25. The monoisotopic (exact) mass is 610 g/mol. The molecule has 4 aromatic rings. The van der Waals surface area contributed by atoms with E-state index in [0.29, 0.717) is 39.0 Å². The Kier molecular flexibility index (Phi) is 7.26. The lowest BCUT2D eigenvalue weighted by Crippen LogP contribution is -2.30. The van der Waals surface area contributed by atoms with Crippen LogP contribution >= 0.6 is 15.9 Å². The number of amides is 2. The van der Waals surface area contributed by atoms with E-state index in [1.54, 1.807) is 54.6 Å². The first kappa shape index (κ1) is 27.0. The maximum Gasteiger partial charge on any atom is 0.339 e. The number of aryl methyl sites for hydroxylation is 1. The summed E-state index contributed by atoms with van der Waals surface area (Å²) in [5.74, 6) is -1.59. The van der Waals surface area contributed by atoms with Crippen LogP contribution in [-0.2, 0) is 14.3 Å². The molecule has 206 valence electrons. The van der Waals surface area contributed by atoms with Gasteiger partial charge in [-0.25, -0.2) is 9.78 Å². The van der Waals surface area contributed by atoms with E-state index >= 15 is 0 Å². The molecule has 2 atom stereocenters. The molecule has 2 fully saturated rings. The standard InChI is InChI=1S/C33H27BrN2O5/c1-19-6-15-28-26(16-19)27(33(40)41-18-30(37)21-7-11-22(34)12-8-21)17-29(35-28)20-9-13-23(14-10-20)36-31(38)24-4-2-3-5-25(24)32(36)39/h6-17,24-25H,2-5,18H2,1H3/t24-,25-/m1/s1. The van der Waals surface area contributed by atoms with Gasteiger partial charge in [0.25, 0.3) is 0 Å². The highest BCUT2D eigenvalue weighted by molar-refractivity contribution is 9.10. The third-order valence-corrected chi connectivity index (χ3v) is 8.48. The largest absolute Gasteiger partial charge is 0.454 e. The Bertz CT molecular complexity index is 1670. The second kappa shape index (κ2) is 11.0. The first-order valence-corrected chi connectivity index (χ1v) is 14.4. The summed E-state index contributed by atoms with van der Waals surface area (Å²) >= 11 is 3.35. The predicted molar refractivity (Wildman–Crippen MR) is 159 cm³/mol. The van der Waals surface area contributed by atoms with Crippen LogP contribution in [-0.4, -0.2) is 35.2 Å². The van der Waals surface area contributed by atoms with Crippen molar-refractivity contribution in [2.75, 3.05) is 11.5 Å². The average molecular weight is 611 g/mol. The van der Waals surface area contributed by atoms with E-state index in [1.165, 1.54) is 4.90 Å². The number of halogens is 1. The smallest absolute Gasteiger partial charge is 0.339 e. The molecule has 3 aromatic carbocycles. The maximum atomic E-state index is 13.3. The number of ether oxygens (including phenoxy) is 1. The van der Waals surface area contributed by atoms with Crippen LogP contribution < -0.4 is 4.90 Å². The highest BCUT2D eigenvalue weighted by Crippen LogP contribution is 2.40. The Morgan fingerprint density at radius 2 is 1.56 bits per heavy atom. The molecule has 7 nitrogen and oxygen atoms in total. The molecule has 0 unspecified atom stereocenters. The molecule has 1 saturated heterocycles. The zero-order chi connectivity index (χ0) is 28.7. The lowest BCUT2D eigenvalue weighted by molar-refractivity contribution is -0.122. The van der Waals surface area contributed by atoms with Crippen LogP contribution in [0, 0.1) is 18.8 Å². The molecule has 1 aromatic heterocycles. The quantitative estimate of drug-likeness (QED) is 0.137. The number of carbonyl (C=O) groups is 4. The number of pyridine rings is 1. The van der Waals surface area contributed by atoms with Crippen molar-refractivity contribution in [2.24, 2.45) is 11.8 Å². The Labute approximate surface area is 245 Å². The Morgan fingerprint density at radius 3 is 2.22 bits per heavy atom. The number of esters is 1. The molecule has 0 bridgehead atoms. The summed E-state index contributed by atoms with van der Waals surface area (Å²) < 4.78 is 6.31. The number of nitrogens with zero attached hydrogens (tertiary/aromatic N) is 2. The van der Waals surface area contributed by atoms with Gasteiger partial charge in [0.05, 0.1) is 34.3 Å². The molecule has 2 amide bonds. The number of fused-ring (bicyclic) bond motifs is 2. The molecule has 8 heteroatoms. The van der Waals surface area contributed by atoms with Crippen LogP contribution in [0.1, 0.15) is 52.0 Å². The van der Waals surface area contributed by atoms with Gasteiger partial charge in [0.1, 0.15) is 0 Å². The van der Waals surface area contributed by atoms with Crippen molar-refractivity contribution in [3.8, 4) is 11.3 Å². The van der Waals surface area contributed by atoms with Gasteiger partial charge < -0.3 is 4.74 Å². The topological polar surface area (TPSA) is 93.6 Å². The fourth-order valence-corrected chi connectivity index (χ4v) is 6.05. The number of Topliss-reactive ketones (excluding diaryl/α,β-unsaturated/α-hetero) is 1. The molecule has 2 heterocycles. The van der Waals surface area contributed by atoms with Crippen molar-refractivity contribution in [3.63, 3.8) is 0 Å². The summed E-state index contributed by atoms with van der Waals surface area (Å²) in [6.45, 7) is 1.54. The van der Waals surface area contributed by atoms with Crippen LogP contribution in [0.4, 0.5) is 5.69 Å². The lowest BCUT2D eigenvalue weighted by atomic mass is 9.81. The molecule has 0 radical (unpaired) electrons. The molecule has 0 spiro atoms. The van der Waals surface area contributed by atoms with Crippen LogP contribution in [0.5, 0.6) is 0 Å². The number of hydrogen-bond donors (Lipinski definition) is 0. The van der Waals surface area contributed by atoms with Crippen molar-refractivity contribution >= 4 is 56.1 Å². The van der Waals surface area contributed by atoms with E-state index < -0.39 is 5.97 Å². The predicted octanol–water partition coefficient (Wildman–Crippen LogP) is 6.69. The van der Waals surface area contributed by atoms with Crippen LogP contribution in [0.25, 0.3) is 22.2 Å². The Morgan fingerprint density at radius 1 is 0.902 bits per heavy atom. The third kappa shape index (κ3) is 5.20. The number of hydrogen-bond acceptors (Lipinski definition) is 6. The molecule has 0 N–H and O–H groups in total. The van der Waals surface area contributed by atoms with Crippen molar-refractivity contribution in [1.82, 2.24) is 4.98 Å². The SMILES string of the molecule is Cc1ccc2nc(-c3ccc(N4C(=O)[C@@H]5CCCC[C@H]5C4=O)cc3)cc(C(=O)OCC(=O)c3ccc(Br)cc3)c2c1. The summed E-state index contributed by atoms with van der Waals surface area (Å²) in [6, 6.07) is 21.2. The number of benzene rings is 3. The normalized spacial score (nSPS) is 18.4. The fourth-order valence-electron chi connectivity index (χ4n) is 5.78. The van der Waals surface area contributed by atoms with Crippen LogP contribution in [0.2, 0.25) is 0 Å². The fraction of sp³-hybridized carbons (Fsp3) is 0.242. The summed E-state index contributed by atoms with van der Waals surface area (Å²) in [5, 5.41) is 0.627. The molecule has 41 heavy (non-hydrogen) atoms. The molecule has 1 aliphatic heterocycles. The van der Waals surface area contributed by atoms with Crippen LogP contribution in [0.15, 0.2) is 77.3 Å². The van der Waals surface area contributed by atoms with E-state index in [0.717, 1.165) is 35.7 Å². The number of imide groups is 1. The van der Waals surface area contributed by atoms with Gasteiger partial charge in [-0.05, 0) is 62.2 Å². The molecule has 6 rings (SSSR count). The maximum absolute atomic E-state index is 13.3. The number of ketones is 1. The van der Waals surface area contributed by atoms with Gasteiger partial charge in [-0.1, -0.05) is 64.7 Å². The number of carbonyl (C=O) groups excluding carboxylic acids is 4. The first-order valence-electron chi connectivity index (χ1n) is 13.7. The zero-order valence-electron chi connectivity index (χ0n) is 22.4. The summed E-state index contributed by atoms with van der Waals surface area (Å²) in [5.41, 5.74) is 4.11. The van der Waals surface area contributed by atoms with Gasteiger partial charge in [0.15, 0.2) is 12.4 Å². The minimum Gasteiger partial charge on any atom is -0.454 e. The minimum absolute atomic E-state index is 0.116. The minimum atomic E-state index is -0.623. The molecule has 2 aliphatic rings. The van der Waals surface area contributed by atoms with Crippen molar-refractivity contribution in [1.29, 1.82) is 0 Å². The third-order valence-electron chi connectivity index (χ3n) is 7.95. The van der Waals surface area contributed by atoms with E-state index in [4.69, 9.17) is 9.72 Å². The lowest BCUT2D eigenvalue weighted by Gasteiger charge is -2.19. The number of rotatable bonds is 6. The van der Waals surface area contributed by atoms with Gasteiger partial charge in [-0.15, -0.1) is 0 Å². The van der Waals surface area contributed by atoms with Crippen molar-refractivity contribution in [3.05, 3.63) is 94.0 Å². The molecular formula is C33H27BrN2O5. The van der Waals surface area contributed by atoms with E-state index in [1.807, 2.05) is 25.1 Å². The molecular weight excluding hydrogens is 584 g/mol. The van der Waals surface area contributed by atoms with Gasteiger partial charge in [0, 0.05) is 21.0 Å². The summed E-state index contributed by atoms with van der Waals surface area (Å²) in [7, 11) is 0. The van der Waals surface area contributed by atoms with E-state index in [-0.39, 0.29) is 36.0 Å². The second-order valence-corrected chi connectivity index (χ2v) is 11.6. The van der Waals surface area contributed by atoms with E-state index in [9.17, 15) is 19.2 Å². The Balaban J connectivity index is 1.28. The zero-order valence-corrected chi connectivity index (χ0v) is 24.0. The Hall–Kier alpha value is -4.17. The van der Waals surface area contributed by atoms with E-state index in [2.05, 4.69) is 15.9 Å². The van der Waals surface area contributed by atoms with Gasteiger partial charge in [-0.3, -0.25) is 19.3 Å². The first-order chi connectivity index (χ1) is 19.8. The molecule has 1 saturated carbocycles. The summed E-state index contributed by atoms with van der Waals surface area (Å²) in [6.07, 6.45) is 3.47. The van der Waals surface area contributed by atoms with Crippen molar-refractivity contribution < 1.29 is 23.9 Å². The highest BCUT2D eigenvalue weighted by Gasteiger charge is 2.48.